The molecule has 120 valence electrons. The summed E-state index contributed by atoms with van der Waals surface area (Å²) < 4.78 is 0. The predicted molar refractivity (Wildman–Crippen MR) is 94.9 cm³/mol. The highest BCUT2D eigenvalue weighted by Crippen LogP contribution is 2.29. The van der Waals surface area contributed by atoms with E-state index in [2.05, 4.69) is 40.7 Å². The molecule has 2 N–H and O–H groups in total. The Morgan fingerprint density at radius 3 is 1.81 bits per heavy atom. The van der Waals surface area contributed by atoms with E-state index in [0.29, 0.717) is 0 Å². The maximum atomic E-state index is 6.50. The largest absolute Gasteiger partial charge is 0.324 e. The van der Waals surface area contributed by atoms with E-state index < -0.39 is 0 Å². The first-order valence-electron chi connectivity index (χ1n) is 8.81. The molecule has 1 unspecified atom stereocenters. The van der Waals surface area contributed by atoms with Crippen molar-refractivity contribution in [3.63, 3.8) is 0 Å². The van der Waals surface area contributed by atoms with Crippen LogP contribution in [-0.2, 0) is 0 Å². The van der Waals surface area contributed by atoms with Gasteiger partial charge in [0.2, 0.25) is 0 Å². The molecule has 0 aliphatic heterocycles. The lowest BCUT2D eigenvalue weighted by Gasteiger charge is -2.21. The summed E-state index contributed by atoms with van der Waals surface area (Å²) in [4.78, 5) is 0. The molecule has 0 aliphatic rings. The molecule has 0 spiro atoms. The smallest absolute Gasteiger partial charge is 0.0300 e. The first-order valence-corrected chi connectivity index (χ1v) is 8.81. The van der Waals surface area contributed by atoms with Gasteiger partial charge in [-0.05, 0) is 61.9 Å². The molecule has 0 bridgehead atoms. The molecule has 0 fully saturated rings. The number of rotatable bonds is 9. The van der Waals surface area contributed by atoms with E-state index in [1.165, 1.54) is 72.8 Å². The Balaban J connectivity index is 2.47. The summed E-state index contributed by atoms with van der Waals surface area (Å²) in [6, 6.07) is 2.49. The Morgan fingerprint density at radius 2 is 1.29 bits per heavy atom. The van der Waals surface area contributed by atoms with Crippen molar-refractivity contribution in [2.75, 3.05) is 0 Å². The fourth-order valence-corrected chi connectivity index (χ4v) is 3.27. The summed E-state index contributed by atoms with van der Waals surface area (Å²) in [7, 11) is 0. The van der Waals surface area contributed by atoms with Gasteiger partial charge in [-0.3, -0.25) is 0 Å². The molecule has 1 heteroatoms. The van der Waals surface area contributed by atoms with E-state index in [-0.39, 0.29) is 6.04 Å². The lowest BCUT2D eigenvalue weighted by atomic mass is 9.88. The fourth-order valence-electron chi connectivity index (χ4n) is 3.27. The molecular weight excluding hydrogens is 254 g/mol. The Bertz CT molecular complexity index is 408. The van der Waals surface area contributed by atoms with Crippen LogP contribution >= 0.6 is 0 Å². The van der Waals surface area contributed by atoms with Crippen LogP contribution in [0.15, 0.2) is 6.07 Å². The molecule has 21 heavy (non-hydrogen) atoms. The molecule has 0 amide bonds. The summed E-state index contributed by atoms with van der Waals surface area (Å²) in [5.41, 5.74) is 13.4. The van der Waals surface area contributed by atoms with Crippen LogP contribution in [0.1, 0.15) is 92.1 Å². The van der Waals surface area contributed by atoms with Crippen molar-refractivity contribution in [3.05, 3.63) is 33.9 Å². The van der Waals surface area contributed by atoms with E-state index in [0.717, 1.165) is 6.42 Å². The normalized spacial score (nSPS) is 12.7. The quantitative estimate of drug-likeness (QED) is 0.549. The SMILES string of the molecule is CCCCCCCCCC(N)c1c(C)c(C)cc(C)c1C. The molecule has 0 aromatic heterocycles. The molecule has 0 heterocycles. The molecule has 1 aromatic carbocycles. The van der Waals surface area contributed by atoms with Gasteiger partial charge in [0.1, 0.15) is 0 Å². The van der Waals surface area contributed by atoms with Crippen LogP contribution in [-0.4, -0.2) is 0 Å². The zero-order valence-electron chi connectivity index (χ0n) is 14.9. The predicted octanol–water partition coefficient (Wildman–Crippen LogP) is 6.06. The number of aryl methyl sites for hydroxylation is 2. The Labute approximate surface area is 132 Å². The Hall–Kier alpha value is -0.820. The van der Waals surface area contributed by atoms with Gasteiger partial charge in [-0.2, -0.15) is 0 Å². The lowest BCUT2D eigenvalue weighted by Crippen LogP contribution is -2.15. The number of hydrogen-bond acceptors (Lipinski definition) is 1. The van der Waals surface area contributed by atoms with Crippen molar-refractivity contribution >= 4 is 0 Å². The van der Waals surface area contributed by atoms with Crippen molar-refractivity contribution in [1.82, 2.24) is 0 Å². The summed E-state index contributed by atoms with van der Waals surface area (Å²) in [5, 5.41) is 0. The van der Waals surface area contributed by atoms with Gasteiger partial charge >= 0.3 is 0 Å². The highest BCUT2D eigenvalue weighted by molar-refractivity contribution is 5.45. The van der Waals surface area contributed by atoms with E-state index >= 15 is 0 Å². The van der Waals surface area contributed by atoms with Crippen LogP contribution in [0, 0.1) is 27.7 Å². The summed E-state index contributed by atoms with van der Waals surface area (Å²) in [5.74, 6) is 0. The minimum atomic E-state index is 0.208. The fraction of sp³-hybridized carbons (Fsp3) is 0.700. The number of hydrogen-bond donors (Lipinski definition) is 1. The summed E-state index contributed by atoms with van der Waals surface area (Å²) in [6.45, 7) is 11.1. The molecule has 0 radical (unpaired) electrons. The molecule has 1 aromatic rings. The van der Waals surface area contributed by atoms with Crippen molar-refractivity contribution in [2.24, 2.45) is 5.73 Å². The molecule has 0 saturated heterocycles. The molecule has 1 rings (SSSR count). The van der Waals surface area contributed by atoms with E-state index in [1.54, 1.807) is 0 Å². The van der Waals surface area contributed by atoms with Gasteiger partial charge in [-0.15, -0.1) is 0 Å². The first-order chi connectivity index (χ1) is 9.99. The zero-order valence-corrected chi connectivity index (χ0v) is 14.9. The summed E-state index contributed by atoms with van der Waals surface area (Å²) in [6.07, 6.45) is 10.6. The van der Waals surface area contributed by atoms with Gasteiger partial charge in [0.25, 0.3) is 0 Å². The lowest BCUT2D eigenvalue weighted by molar-refractivity contribution is 0.538. The van der Waals surface area contributed by atoms with Crippen molar-refractivity contribution in [3.8, 4) is 0 Å². The van der Waals surface area contributed by atoms with Crippen LogP contribution < -0.4 is 5.73 Å². The molecule has 1 atom stereocenters. The van der Waals surface area contributed by atoms with Gasteiger partial charge in [0, 0.05) is 6.04 Å². The Kier molecular flexibility index (Phi) is 8.03. The van der Waals surface area contributed by atoms with Crippen molar-refractivity contribution in [1.29, 1.82) is 0 Å². The van der Waals surface area contributed by atoms with Crippen molar-refractivity contribution < 1.29 is 0 Å². The standard InChI is InChI=1S/C20H35N/c1-6-7-8-9-10-11-12-13-19(21)20-17(4)15(2)14-16(3)18(20)5/h14,19H,6-13,21H2,1-5H3. The van der Waals surface area contributed by atoms with Crippen LogP contribution in [0.5, 0.6) is 0 Å². The highest BCUT2D eigenvalue weighted by Gasteiger charge is 2.14. The van der Waals surface area contributed by atoms with Gasteiger partial charge in [0.05, 0.1) is 0 Å². The van der Waals surface area contributed by atoms with Crippen LogP contribution in [0.4, 0.5) is 0 Å². The second-order valence-electron chi connectivity index (χ2n) is 6.69. The summed E-state index contributed by atoms with van der Waals surface area (Å²) >= 11 is 0. The molecule has 1 nitrogen and oxygen atoms in total. The van der Waals surface area contributed by atoms with Gasteiger partial charge < -0.3 is 5.73 Å². The number of unbranched alkanes of at least 4 members (excludes halogenated alkanes) is 6. The molecule has 0 saturated carbocycles. The third kappa shape index (κ3) is 5.47. The maximum absolute atomic E-state index is 6.50. The maximum Gasteiger partial charge on any atom is 0.0300 e. The number of benzene rings is 1. The average molecular weight is 290 g/mol. The molecule has 0 aliphatic carbocycles. The van der Waals surface area contributed by atoms with Gasteiger partial charge in [-0.25, -0.2) is 0 Å². The zero-order chi connectivity index (χ0) is 15.8. The molecular formula is C20H35N. The second kappa shape index (κ2) is 9.25. The van der Waals surface area contributed by atoms with Gasteiger partial charge in [-0.1, -0.05) is 57.9 Å². The van der Waals surface area contributed by atoms with E-state index in [4.69, 9.17) is 5.73 Å². The van der Waals surface area contributed by atoms with Crippen LogP contribution in [0.25, 0.3) is 0 Å². The van der Waals surface area contributed by atoms with Gasteiger partial charge in [0.15, 0.2) is 0 Å². The minimum Gasteiger partial charge on any atom is -0.324 e. The third-order valence-electron chi connectivity index (χ3n) is 4.91. The van der Waals surface area contributed by atoms with Crippen LogP contribution in [0.2, 0.25) is 0 Å². The van der Waals surface area contributed by atoms with E-state index in [1.807, 2.05) is 0 Å². The van der Waals surface area contributed by atoms with E-state index in [9.17, 15) is 0 Å². The minimum absolute atomic E-state index is 0.208. The first kappa shape index (κ1) is 18.2. The topological polar surface area (TPSA) is 26.0 Å². The average Bonchev–Trinajstić information content (AvgIpc) is 2.44. The Morgan fingerprint density at radius 1 is 0.810 bits per heavy atom. The van der Waals surface area contributed by atoms with Crippen LogP contribution in [0.3, 0.4) is 0 Å². The third-order valence-corrected chi connectivity index (χ3v) is 4.91. The second-order valence-corrected chi connectivity index (χ2v) is 6.69. The van der Waals surface area contributed by atoms with Crippen molar-refractivity contribution in [2.45, 2.75) is 92.0 Å². The number of nitrogens with two attached hydrogens (primary N) is 1. The monoisotopic (exact) mass is 289 g/mol. The highest BCUT2D eigenvalue weighted by atomic mass is 14.6.